The van der Waals surface area contributed by atoms with Gasteiger partial charge in [0.05, 0.1) is 21.0 Å². The highest BCUT2D eigenvalue weighted by atomic mass is 32.2. The lowest BCUT2D eigenvalue weighted by Gasteiger charge is -2.28. The number of carbonyl (C=O) groups excluding carboxylic acids is 1. The van der Waals surface area contributed by atoms with Crippen molar-refractivity contribution >= 4 is 37.5 Å². The van der Waals surface area contributed by atoms with Gasteiger partial charge in [0.15, 0.2) is 0 Å². The highest BCUT2D eigenvalue weighted by molar-refractivity contribution is 7.90. The van der Waals surface area contributed by atoms with E-state index >= 15 is 0 Å². The van der Waals surface area contributed by atoms with Crippen molar-refractivity contribution in [1.82, 2.24) is 14.2 Å². The first-order chi connectivity index (χ1) is 11.3. The number of nitrogens with zero attached hydrogens (tertiary/aromatic N) is 2. The average Bonchev–Trinajstić information content (AvgIpc) is 2.81. The molecule has 0 aliphatic carbocycles. The van der Waals surface area contributed by atoms with Crippen LogP contribution in [0.1, 0.15) is 12.8 Å². The van der Waals surface area contributed by atoms with Crippen LogP contribution in [-0.4, -0.2) is 43.9 Å². The SMILES string of the molecule is CN1CCCC(C(=O)NS(=O)(=O)c2ccc3c(c2)sc(=O)n3C)C1. The van der Waals surface area contributed by atoms with E-state index in [1.165, 1.54) is 16.7 Å². The molecule has 130 valence electrons. The third-order valence-electron chi connectivity index (χ3n) is 4.30. The van der Waals surface area contributed by atoms with Crippen molar-refractivity contribution in [3.8, 4) is 0 Å². The number of nitrogens with one attached hydrogen (secondary N) is 1. The number of hydrogen-bond acceptors (Lipinski definition) is 6. The molecule has 0 radical (unpaired) electrons. The molecular formula is C15H19N3O4S2. The van der Waals surface area contributed by atoms with Gasteiger partial charge < -0.3 is 9.47 Å². The minimum Gasteiger partial charge on any atom is -0.306 e. The zero-order valence-corrected chi connectivity index (χ0v) is 15.1. The van der Waals surface area contributed by atoms with Crippen LogP contribution < -0.4 is 9.60 Å². The van der Waals surface area contributed by atoms with Gasteiger partial charge in [0, 0.05) is 13.6 Å². The fourth-order valence-corrected chi connectivity index (χ4v) is 5.00. The highest BCUT2D eigenvalue weighted by Gasteiger charge is 2.28. The predicted molar refractivity (Wildman–Crippen MR) is 92.6 cm³/mol. The second-order valence-electron chi connectivity index (χ2n) is 6.13. The molecule has 2 aromatic rings. The summed E-state index contributed by atoms with van der Waals surface area (Å²) in [5.74, 6) is -0.794. The second kappa shape index (κ2) is 6.30. The van der Waals surface area contributed by atoms with Crippen molar-refractivity contribution in [2.75, 3.05) is 20.1 Å². The molecule has 1 aliphatic rings. The zero-order chi connectivity index (χ0) is 17.5. The molecule has 2 heterocycles. The number of piperidine rings is 1. The number of aromatic nitrogens is 1. The molecule has 0 saturated carbocycles. The number of sulfonamides is 1. The van der Waals surface area contributed by atoms with Gasteiger partial charge in [-0.2, -0.15) is 0 Å². The Balaban J connectivity index is 1.85. The highest BCUT2D eigenvalue weighted by Crippen LogP contribution is 2.22. The summed E-state index contributed by atoms with van der Waals surface area (Å²) in [6, 6.07) is 4.43. The zero-order valence-electron chi connectivity index (χ0n) is 13.5. The summed E-state index contributed by atoms with van der Waals surface area (Å²) in [4.78, 5) is 25.8. The molecular weight excluding hydrogens is 350 g/mol. The number of aryl methyl sites for hydroxylation is 1. The van der Waals surface area contributed by atoms with E-state index in [0.29, 0.717) is 23.2 Å². The third-order valence-corrected chi connectivity index (χ3v) is 6.64. The fraction of sp³-hybridized carbons (Fsp3) is 0.467. The van der Waals surface area contributed by atoms with Gasteiger partial charge in [-0.05, 0) is 44.6 Å². The summed E-state index contributed by atoms with van der Waals surface area (Å²) >= 11 is 0.980. The Morgan fingerprint density at radius 1 is 1.33 bits per heavy atom. The molecule has 1 aliphatic heterocycles. The number of thiazole rings is 1. The van der Waals surface area contributed by atoms with E-state index in [0.717, 1.165) is 24.3 Å². The van der Waals surface area contributed by atoms with Crippen LogP contribution in [0.5, 0.6) is 0 Å². The van der Waals surface area contributed by atoms with Gasteiger partial charge in [-0.3, -0.25) is 9.59 Å². The van der Waals surface area contributed by atoms with Gasteiger partial charge in [-0.15, -0.1) is 0 Å². The van der Waals surface area contributed by atoms with Crippen molar-refractivity contribution in [2.24, 2.45) is 13.0 Å². The van der Waals surface area contributed by atoms with Crippen LogP contribution >= 0.6 is 11.3 Å². The van der Waals surface area contributed by atoms with Gasteiger partial charge in [0.25, 0.3) is 10.0 Å². The van der Waals surface area contributed by atoms with Crippen molar-refractivity contribution < 1.29 is 13.2 Å². The van der Waals surface area contributed by atoms with Crippen LogP contribution in [0.2, 0.25) is 0 Å². The molecule has 0 spiro atoms. The quantitative estimate of drug-likeness (QED) is 0.862. The maximum atomic E-state index is 12.5. The molecule has 1 unspecified atom stereocenters. The van der Waals surface area contributed by atoms with E-state index in [9.17, 15) is 18.0 Å². The Hall–Kier alpha value is -1.71. The number of fused-ring (bicyclic) bond motifs is 1. The maximum absolute atomic E-state index is 12.5. The summed E-state index contributed by atoms with van der Waals surface area (Å²) in [6.07, 6.45) is 1.56. The van der Waals surface area contributed by atoms with Crippen molar-refractivity contribution in [1.29, 1.82) is 0 Å². The summed E-state index contributed by atoms with van der Waals surface area (Å²) < 4.78 is 29.2. The first kappa shape index (κ1) is 17.1. The van der Waals surface area contributed by atoms with Gasteiger partial charge in [0.1, 0.15) is 0 Å². The summed E-state index contributed by atoms with van der Waals surface area (Å²) in [5.41, 5.74) is 0.671. The van der Waals surface area contributed by atoms with Crippen molar-refractivity contribution in [3.63, 3.8) is 0 Å². The van der Waals surface area contributed by atoms with Crippen LogP contribution in [0.25, 0.3) is 10.2 Å². The van der Waals surface area contributed by atoms with Crippen LogP contribution in [0, 0.1) is 5.92 Å². The van der Waals surface area contributed by atoms with Gasteiger partial charge in [-0.25, -0.2) is 13.1 Å². The molecule has 1 N–H and O–H groups in total. The molecule has 1 aromatic heterocycles. The molecule has 0 bridgehead atoms. The molecule has 1 aromatic carbocycles. The Labute approximate surface area is 143 Å². The Kier molecular flexibility index (Phi) is 4.50. The lowest BCUT2D eigenvalue weighted by molar-refractivity contribution is -0.124. The van der Waals surface area contributed by atoms with Crippen LogP contribution in [0.15, 0.2) is 27.9 Å². The van der Waals surface area contributed by atoms with Crippen molar-refractivity contribution in [2.45, 2.75) is 17.7 Å². The molecule has 1 fully saturated rings. The topological polar surface area (TPSA) is 88.5 Å². The minimum absolute atomic E-state index is 0.00522. The molecule has 24 heavy (non-hydrogen) atoms. The number of amides is 1. The van der Waals surface area contributed by atoms with Gasteiger partial charge >= 0.3 is 4.87 Å². The lowest BCUT2D eigenvalue weighted by atomic mass is 9.98. The molecule has 1 saturated heterocycles. The predicted octanol–water partition coefficient (Wildman–Crippen LogP) is 0.747. The van der Waals surface area contributed by atoms with Gasteiger partial charge in [-0.1, -0.05) is 11.3 Å². The summed E-state index contributed by atoms with van der Waals surface area (Å²) in [7, 11) is -0.393. The van der Waals surface area contributed by atoms with E-state index in [1.54, 1.807) is 13.1 Å². The van der Waals surface area contributed by atoms with Crippen LogP contribution in [-0.2, 0) is 21.9 Å². The number of hydrogen-bond donors (Lipinski definition) is 1. The Bertz CT molecular complexity index is 945. The van der Waals surface area contributed by atoms with E-state index in [2.05, 4.69) is 4.72 Å². The largest absolute Gasteiger partial charge is 0.307 e. The fourth-order valence-electron chi connectivity index (χ4n) is 2.94. The molecule has 7 nitrogen and oxygen atoms in total. The number of benzene rings is 1. The Morgan fingerprint density at radius 3 is 2.79 bits per heavy atom. The lowest BCUT2D eigenvalue weighted by Crippen LogP contribution is -2.43. The van der Waals surface area contributed by atoms with Crippen LogP contribution in [0.4, 0.5) is 0 Å². The molecule has 9 heteroatoms. The summed E-state index contributed by atoms with van der Waals surface area (Å²) in [5, 5.41) is 0. The second-order valence-corrected chi connectivity index (χ2v) is 8.80. The van der Waals surface area contributed by atoms with Crippen LogP contribution in [0.3, 0.4) is 0 Å². The summed E-state index contributed by atoms with van der Waals surface area (Å²) in [6.45, 7) is 1.47. The number of carbonyl (C=O) groups is 1. The Morgan fingerprint density at radius 2 is 2.08 bits per heavy atom. The molecule has 3 rings (SSSR count). The standard InChI is InChI=1S/C15H19N3O4S2/c1-17-7-3-4-10(9-17)14(19)16-24(21,22)11-5-6-12-13(8-11)23-15(20)18(12)2/h5-6,8,10H,3-4,7,9H2,1-2H3,(H,16,19). The van der Waals surface area contributed by atoms with E-state index in [1.807, 2.05) is 11.9 Å². The van der Waals surface area contributed by atoms with E-state index < -0.39 is 15.9 Å². The normalized spacial score (nSPS) is 19.5. The number of likely N-dealkylation sites (tertiary alicyclic amines) is 1. The monoisotopic (exact) mass is 369 g/mol. The van der Waals surface area contributed by atoms with Gasteiger partial charge in [0.2, 0.25) is 5.91 Å². The minimum atomic E-state index is -3.94. The first-order valence-electron chi connectivity index (χ1n) is 7.63. The van der Waals surface area contributed by atoms with Crippen molar-refractivity contribution in [3.05, 3.63) is 27.9 Å². The average molecular weight is 369 g/mol. The number of rotatable bonds is 3. The maximum Gasteiger partial charge on any atom is 0.307 e. The van der Waals surface area contributed by atoms with E-state index in [-0.39, 0.29) is 15.7 Å². The first-order valence-corrected chi connectivity index (χ1v) is 9.93. The third kappa shape index (κ3) is 3.24. The molecule has 1 atom stereocenters. The molecule has 1 amide bonds. The van der Waals surface area contributed by atoms with E-state index in [4.69, 9.17) is 0 Å². The smallest absolute Gasteiger partial charge is 0.306 e.